The average molecular weight is 233 g/mol. The number of hydrogen-bond acceptors (Lipinski definition) is 1. The van der Waals surface area contributed by atoms with Gasteiger partial charge >= 0.3 is 0 Å². The first-order chi connectivity index (χ1) is 7.91. The van der Waals surface area contributed by atoms with Crippen LogP contribution in [0.3, 0.4) is 0 Å². The topological polar surface area (TPSA) is 26.0 Å². The minimum absolute atomic E-state index is 0.167. The first-order valence-corrected chi connectivity index (χ1v) is 6.76. The van der Waals surface area contributed by atoms with Gasteiger partial charge < -0.3 is 5.73 Å². The lowest BCUT2D eigenvalue weighted by molar-refractivity contribution is 0.399. The minimum Gasteiger partial charge on any atom is -0.324 e. The van der Waals surface area contributed by atoms with Gasteiger partial charge in [0.1, 0.15) is 0 Å². The quantitative estimate of drug-likeness (QED) is 0.818. The Bertz CT molecular complexity index is 345. The van der Waals surface area contributed by atoms with Crippen LogP contribution in [0.5, 0.6) is 0 Å². The Morgan fingerprint density at radius 2 is 1.59 bits per heavy atom. The molecule has 2 N–H and O–H groups in total. The van der Waals surface area contributed by atoms with Gasteiger partial charge in [-0.05, 0) is 22.5 Å². The average Bonchev–Trinajstić information content (AvgIpc) is 2.29. The van der Waals surface area contributed by atoms with Crippen LogP contribution in [0.4, 0.5) is 0 Å². The van der Waals surface area contributed by atoms with E-state index < -0.39 is 0 Å². The number of nitrogens with two attached hydrogens (primary N) is 1. The molecule has 96 valence electrons. The van der Waals surface area contributed by atoms with E-state index in [0.29, 0.717) is 5.92 Å². The molecule has 0 aromatic heterocycles. The van der Waals surface area contributed by atoms with Crippen molar-refractivity contribution in [1.82, 2.24) is 0 Å². The van der Waals surface area contributed by atoms with Gasteiger partial charge in [0.25, 0.3) is 0 Å². The molecule has 17 heavy (non-hydrogen) atoms. The summed E-state index contributed by atoms with van der Waals surface area (Å²) < 4.78 is 0. The fraction of sp³-hybridized carbons (Fsp3) is 0.625. The molecule has 0 aliphatic carbocycles. The lowest BCUT2D eigenvalue weighted by Gasteiger charge is -2.29. The molecular weight excluding hydrogens is 206 g/mol. The van der Waals surface area contributed by atoms with Crippen LogP contribution in [0, 0.1) is 5.92 Å². The van der Waals surface area contributed by atoms with Crippen LogP contribution in [0.25, 0.3) is 0 Å². The number of hydrogen-bond donors (Lipinski definition) is 1. The van der Waals surface area contributed by atoms with Crippen LogP contribution in [-0.2, 0) is 5.41 Å². The Labute approximate surface area is 106 Å². The zero-order valence-electron chi connectivity index (χ0n) is 12.0. The Hall–Kier alpha value is -0.820. The van der Waals surface area contributed by atoms with Crippen molar-refractivity contribution in [1.29, 1.82) is 0 Å². The summed E-state index contributed by atoms with van der Waals surface area (Å²) in [4.78, 5) is 0. The van der Waals surface area contributed by atoms with Crippen molar-refractivity contribution in [3.63, 3.8) is 0 Å². The van der Waals surface area contributed by atoms with Crippen LogP contribution >= 0.6 is 0 Å². The molecule has 1 nitrogen and oxygen atoms in total. The maximum atomic E-state index is 6.46. The highest BCUT2D eigenvalue weighted by Gasteiger charge is 2.23. The maximum Gasteiger partial charge on any atom is 0.0326 e. The molecule has 1 aromatic carbocycles. The van der Waals surface area contributed by atoms with E-state index in [1.54, 1.807) is 0 Å². The summed E-state index contributed by atoms with van der Waals surface area (Å²) >= 11 is 0. The van der Waals surface area contributed by atoms with Crippen LogP contribution in [-0.4, -0.2) is 0 Å². The van der Waals surface area contributed by atoms with Gasteiger partial charge in [-0.25, -0.2) is 0 Å². The van der Waals surface area contributed by atoms with E-state index in [9.17, 15) is 0 Å². The normalized spacial score (nSPS) is 14.1. The van der Waals surface area contributed by atoms with Crippen LogP contribution < -0.4 is 5.73 Å². The van der Waals surface area contributed by atoms with E-state index in [2.05, 4.69) is 58.9 Å². The third kappa shape index (κ3) is 3.32. The predicted octanol–water partition coefficient (Wildman–Crippen LogP) is 4.42. The summed E-state index contributed by atoms with van der Waals surface area (Å²) in [5.41, 5.74) is 9.34. The largest absolute Gasteiger partial charge is 0.324 e. The highest BCUT2D eigenvalue weighted by atomic mass is 14.7. The van der Waals surface area contributed by atoms with E-state index >= 15 is 0 Å². The molecule has 0 radical (unpaired) electrons. The SMILES string of the molecule is CCC(CC)C(N)c1ccccc1C(C)(C)C. The van der Waals surface area contributed by atoms with Crippen LogP contribution in [0.2, 0.25) is 0 Å². The second kappa shape index (κ2) is 5.68. The molecule has 0 aliphatic rings. The predicted molar refractivity (Wildman–Crippen MR) is 76.1 cm³/mol. The molecule has 0 aliphatic heterocycles. The Morgan fingerprint density at radius 3 is 2.06 bits per heavy atom. The third-order valence-corrected chi connectivity index (χ3v) is 3.68. The summed E-state index contributed by atoms with van der Waals surface area (Å²) in [6.07, 6.45) is 2.30. The Morgan fingerprint density at radius 1 is 1.06 bits per heavy atom. The minimum atomic E-state index is 0.167. The molecule has 1 aromatic rings. The zero-order valence-corrected chi connectivity index (χ0v) is 12.0. The first-order valence-electron chi connectivity index (χ1n) is 6.76. The fourth-order valence-electron chi connectivity index (χ4n) is 2.52. The van der Waals surface area contributed by atoms with E-state index in [1.807, 2.05) is 0 Å². The van der Waals surface area contributed by atoms with E-state index in [0.717, 1.165) is 12.8 Å². The maximum absolute atomic E-state index is 6.46. The van der Waals surface area contributed by atoms with E-state index in [4.69, 9.17) is 5.73 Å². The van der Waals surface area contributed by atoms with Crippen molar-refractivity contribution in [2.75, 3.05) is 0 Å². The van der Waals surface area contributed by atoms with Gasteiger partial charge in [-0.2, -0.15) is 0 Å². The molecule has 1 heteroatoms. The lowest BCUT2D eigenvalue weighted by Crippen LogP contribution is -2.25. The van der Waals surface area contributed by atoms with Crippen molar-refractivity contribution < 1.29 is 0 Å². The fourth-order valence-corrected chi connectivity index (χ4v) is 2.52. The summed E-state index contributed by atoms with van der Waals surface area (Å²) in [6, 6.07) is 8.80. The molecule has 1 rings (SSSR count). The van der Waals surface area contributed by atoms with Crippen LogP contribution in [0.1, 0.15) is 64.6 Å². The Balaban J connectivity index is 3.13. The van der Waals surface area contributed by atoms with Gasteiger partial charge in [0, 0.05) is 6.04 Å². The molecule has 0 bridgehead atoms. The summed E-state index contributed by atoms with van der Waals surface area (Å²) in [6.45, 7) is 11.2. The molecule has 0 fully saturated rings. The van der Waals surface area contributed by atoms with Gasteiger partial charge in [0.05, 0.1) is 0 Å². The summed E-state index contributed by atoms with van der Waals surface area (Å²) in [7, 11) is 0. The number of rotatable bonds is 4. The third-order valence-electron chi connectivity index (χ3n) is 3.68. The standard InChI is InChI=1S/C16H27N/c1-6-12(7-2)15(17)13-10-8-9-11-14(13)16(3,4)5/h8-12,15H,6-7,17H2,1-5H3. The van der Waals surface area contributed by atoms with Crippen molar-refractivity contribution in [3.8, 4) is 0 Å². The van der Waals surface area contributed by atoms with E-state index in [1.165, 1.54) is 11.1 Å². The van der Waals surface area contributed by atoms with Gasteiger partial charge in [-0.15, -0.1) is 0 Å². The molecule has 1 unspecified atom stereocenters. The van der Waals surface area contributed by atoms with Gasteiger partial charge in [0.15, 0.2) is 0 Å². The zero-order chi connectivity index (χ0) is 13.1. The second-order valence-electron chi connectivity index (χ2n) is 5.94. The van der Waals surface area contributed by atoms with E-state index in [-0.39, 0.29) is 11.5 Å². The molecule has 0 saturated heterocycles. The number of benzene rings is 1. The highest BCUT2D eigenvalue weighted by molar-refractivity contribution is 5.35. The van der Waals surface area contributed by atoms with Gasteiger partial charge in [0.2, 0.25) is 0 Å². The van der Waals surface area contributed by atoms with Crippen molar-refractivity contribution >= 4 is 0 Å². The summed E-state index contributed by atoms with van der Waals surface area (Å²) in [5.74, 6) is 0.582. The Kier molecular flexibility index (Phi) is 4.76. The lowest BCUT2D eigenvalue weighted by atomic mass is 9.78. The molecule has 0 heterocycles. The van der Waals surface area contributed by atoms with Gasteiger partial charge in [-0.1, -0.05) is 71.7 Å². The monoisotopic (exact) mass is 233 g/mol. The molecule has 1 atom stereocenters. The van der Waals surface area contributed by atoms with Gasteiger partial charge in [-0.3, -0.25) is 0 Å². The van der Waals surface area contributed by atoms with Crippen molar-refractivity contribution in [3.05, 3.63) is 35.4 Å². The molecule has 0 amide bonds. The smallest absolute Gasteiger partial charge is 0.0326 e. The molecule has 0 spiro atoms. The van der Waals surface area contributed by atoms with Crippen LogP contribution in [0.15, 0.2) is 24.3 Å². The molecule has 0 saturated carbocycles. The van der Waals surface area contributed by atoms with Crippen molar-refractivity contribution in [2.24, 2.45) is 11.7 Å². The molecular formula is C16H27N. The summed E-state index contributed by atoms with van der Waals surface area (Å²) in [5, 5.41) is 0. The second-order valence-corrected chi connectivity index (χ2v) is 5.94. The highest BCUT2D eigenvalue weighted by Crippen LogP contribution is 2.33. The van der Waals surface area contributed by atoms with Crippen molar-refractivity contribution in [2.45, 2.75) is 58.9 Å². The first kappa shape index (κ1) is 14.2.